The lowest BCUT2D eigenvalue weighted by molar-refractivity contribution is 0.0614. The van der Waals surface area contributed by atoms with Crippen molar-refractivity contribution >= 4 is 0 Å². The van der Waals surface area contributed by atoms with Crippen molar-refractivity contribution in [3.8, 4) is 0 Å². The number of hydrogen-bond acceptors (Lipinski definition) is 2. The molecule has 1 fully saturated rings. The highest BCUT2D eigenvalue weighted by Crippen LogP contribution is 2.31. The lowest BCUT2D eigenvalue weighted by atomic mass is 9.81. The molecule has 2 N–H and O–H groups in total. The van der Waals surface area contributed by atoms with E-state index in [4.69, 9.17) is 10.5 Å². The third-order valence-corrected chi connectivity index (χ3v) is 2.64. The maximum absolute atomic E-state index is 5.46. The van der Waals surface area contributed by atoms with E-state index in [-0.39, 0.29) is 0 Å². The summed E-state index contributed by atoms with van der Waals surface area (Å²) in [5.41, 5.74) is 5.46. The zero-order chi connectivity index (χ0) is 8.10. The summed E-state index contributed by atoms with van der Waals surface area (Å²) in [5.74, 6) is 0.937. The van der Waals surface area contributed by atoms with Gasteiger partial charge < -0.3 is 10.5 Å². The monoisotopic (exact) mass is 157 g/mol. The van der Waals surface area contributed by atoms with E-state index in [0.717, 1.165) is 18.9 Å². The first kappa shape index (κ1) is 9.01. The molecule has 0 aliphatic heterocycles. The molecule has 2 heteroatoms. The molecule has 2 nitrogen and oxygen atoms in total. The molecule has 11 heavy (non-hydrogen) atoms. The van der Waals surface area contributed by atoms with E-state index in [1.54, 1.807) is 7.11 Å². The topological polar surface area (TPSA) is 35.2 Å². The summed E-state index contributed by atoms with van der Waals surface area (Å²) in [6.07, 6.45) is 6.91. The summed E-state index contributed by atoms with van der Waals surface area (Å²) in [7, 11) is 1.79. The molecule has 0 aromatic rings. The third-order valence-electron chi connectivity index (χ3n) is 2.64. The van der Waals surface area contributed by atoms with Gasteiger partial charge in [0, 0.05) is 7.11 Å². The zero-order valence-electron chi connectivity index (χ0n) is 7.38. The predicted molar refractivity (Wildman–Crippen MR) is 46.4 cm³/mol. The minimum atomic E-state index is 0.422. The smallest absolute Gasteiger partial charge is 0.0586 e. The Balaban J connectivity index is 2.08. The SMILES string of the molecule is COC(CCN)CC1CCC1. The summed E-state index contributed by atoms with van der Waals surface area (Å²) in [4.78, 5) is 0. The van der Waals surface area contributed by atoms with Crippen molar-refractivity contribution in [1.82, 2.24) is 0 Å². The Hall–Kier alpha value is -0.0800. The fourth-order valence-corrected chi connectivity index (χ4v) is 1.62. The lowest BCUT2D eigenvalue weighted by Crippen LogP contribution is -2.23. The van der Waals surface area contributed by atoms with Crippen LogP contribution in [0.5, 0.6) is 0 Å². The minimum Gasteiger partial charge on any atom is -0.381 e. The van der Waals surface area contributed by atoms with Crippen LogP contribution < -0.4 is 5.73 Å². The van der Waals surface area contributed by atoms with Gasteiger partial charge in [-0.05, 0) is 25.3 Å². The summed E-state index contributed by atoms with van der Waals surface area (Å²) >= 11 is 0. The highest BCUT2D eigenvalue weighted by Gasteiger charge is 2.21. The van der Waals surface area contributed by atoms with Crippen LogP contribution in [-0.2, 0) is 4.74 Å². The van der Waals surface area contributed by atoms with Crippen LogP contribution in [0.25, 0.3) is 0 Å². The van der Waals surface area contributed by atoms with Crippen molar-refractivity contribution in [2.45, 2.75) is 38.2 Å². The molecule has 66 valence electrons. The van der Waals surface area contributed by atoms with Crippen LogP contribution in [-0.4, -0.2) is 19.8 Å². The van der Waals surface area contributed by atoms with Gasteiger partial charge in [-0.1, -0.05) is 19.3 Å². The van der Waals surface area contributed by atoms with E-state index in [9.17, 15) is 0 Å². The van der Waals surface area contributed by atoms with Crippen molar-refractivity contribution < 1.29 is 4.74 Å². The van der Waals surface area contributed by atoms with Gasteiger partial charge in [0.1, 0.15) is 0 Å². The Kier molecular flexibility index (Phi) is 3.87. The van der Waals surface area contributed by atoms with Crippen LogP contribution in [0.15, 0.2) is 0 Å². The second-order valence-electron chi connectivity index (χ2n) is 3.47. The van der Waals surface area contributed by atoms with Gasteiger partial charge in [0.25, 0.3) is 0 Å². The molecule has 1 rings (SSSR count). The van der Waals surface area contributed by atoms with E-state index >= 15 is 0 Å². The van der Waals surface area contributed by atoms with E-state index < -0.39 is 0 Å². The molecule has 1 unspecified atom stereocenters. The Labute approximate surface area is 69.1 Å². The molecule has 0 radical (unpaired) electrons. The van der Waals surface area contributed by atoms with Gasteiger partial charge in [-0.25, -0.2) is 0 Å². The van der Waals surface area contributed by atoms with E-state index in [0.29, 0.717) is 6.10 Å². The molecule has 0 aromatic carbocycles. The first-order chi connectivity index (χ1) is 5.36. The third kappa shape index (κ3) is 2.80. The lowest BCUT2D eigenvalue weighted by Gasteiger charge is -2.28. The Morgan fingerprint density at radius 3 is 2.64 bits per heavy atom. The maximum atomic E-state index is 5.46. The number of nitrogens with two attached hydrogens (primary N) is 1. The molecule has 1 atom stereocenters. The Bertz CT molecular complexity index is 102. The standard InChI is InChI=1S/C9H19NO/c1-11-9(5-6-10)7-8-3-2-4-8/h8-9H,2-7,10H2,1H3. The van der Waals surface area contributed by atoms with Gasteiger partial charge in [-0.15, -0.1) is 0 Å². The van der Waals surface area contributed by atoms with Crippen LogP contribution in [0.4, 0.5) is 0 Å². The Morgan fingerprint density at radius 1 is 1.55 bits per heavy atom. The Morgan fingerprint density at radius 2 is 2.27 bits per heavy atom. The maximum Gasteiger partial charge on any atom is 0.0586 e. The average molecular weight is 157 g/mol. The van der Waals surface area contributed by atoms with Crippen molar-refractivity contribution in [3.63, 3.8) is 0 Å². The average Bonchev–Trinajstić information content (AvgIpc) is 1.94. The van der Waals surface area contributed by atoms with Crippen molar-refractivity contribution in [3.05, 3.63) is 0 Å². The first-order valence-electron chi connectivity index (χ1n) is 4.59. The highest BCUT2D eigenvalue weighted by molar-refractivity contribution is 4.73. The van der Waals surface area contributed by atoms with Gasteiger partial charge in [-0.2, -0.15) is 0 Å². The first-order valence-corrected chi connectivity index (χ1v) is 4.59. The minimum absolute atomic E-state index is 0.422. The van der Waals surface area contributed by atoms with Gasteiger partial charge in [-0.3, -0.25) is 0 Å². The number of hydrogen-bond donors (Lipinski definition) is 1. The summed E-state index contributed by atoms with van der Waals surface area (Å²) in [5, 5.41) is 0. The summed E-state index contributed by atoms with van der Waals surface area (Å²) in [6, 6.07) is 0. The molecule has 0 saturated heterocycles. The molecule has 0 spiro atoms. The van der Waals surface area contributed by atoms with Crippen LogP contribution in [0, 0.1) is 5.92 Å². The number of rotatable bonds is 5. The van der Waals surface area contributed by atoms with Crippen molar-refractivity contribution in [2.75, 3.05) is 13.7 Å². The molecular formula is C9H19NO. The van der Waals surface area contributed by atoms with Crippen molar-refractivity contribution in [2.24, 2.45) is 11.7 Å². The molecule has 0 bridgehead atoms. The predicted octanol–water partition coefficient (Wildman–Crippen LogP) is 1.54. The normalized spacial score (nSPS) is 21.3. The quantitative estimate of drug-likeness (QED) is 0.657. The number of ether oxygens (including phenoxy) is 1. The van der Waals surface area contributed by atoms with E-state index in [2.05, 4.69) is 0 Å². The molecular weight excluding hydrogens is 138 g/mol. The summed E-state index contributed by atoms with van der Waals surface area (Å²) < 4.78 is 5.32. The van der Waals surface area contributed by atoms with Crippen LogP contribution in [0.1, 0.15) is 32.1 Å². The second-order valence-corrected chi connectivity index (χ2v) is 3.47. The molecule has 1 saturated carbocycles. The summed E-state index contributed by atoms with van der Waals surface area (Å²) in [6.45, 7) is 0.755. The van der Waals surface area contributed by atoms with Gasteiger partial charge in [0.2, 0.25) is 0 Å². The highest BCUT2D eigenvalue weighted by atomic mass is 16.5. The molecule has 0 amide bonds. The zero-order valence-corrected chi connectivity index (χ0v) is 7.38. The van der Waals surface area contributed by atoms with Gasteiger partial charge in [0.05, 0.1) is 6.10 Å². The van der Waals surface area contributed by atoms with Crippen LogP contribution >= 0.6 is 0 Å². The second kappa shape index (κ2) is 4.73. The fourth-order valence-electron chi connectivity index (χ4n) is 1.62. The van der Waals surface area contributed by atoms with Gasteiger partial charge in [0.15, 0.2) is 0 Å². The van der Waals surface area contributed by atoms with E-state index in [1.807, 2.05) is 0 Å². The van der Waals surface area contributed by atoms with Crippen LogP contribution in [0.2, 0.25) is 0 Å². The van der Waals surface area contributed by atoms with E-state index in [1.165, 1.54) is 25.7 Å². The van der Waals surface area contributed by atoms with Crippen LogP contribution in [0.3, 0.4) is 0 Å². The van der Waals surface area contributed by atoms with Crippen molar-refractivity contribution in [1.29, 1.82) is 0 Å². The number of methoxy groups -OCH3 is 1. The molecule has 0 aromatic heterocycles. The molecule has 0 heterocycles. The largest absolute Gasteiger partial charge is 0.381 e. The van der Waals surface area contributed by atoms with Gasteiger partial charge >= 0.3 is 0 Å². The fraction of sp³-hybridized carbons (Fsp3) is 1.00. The molecule has 1 aliphatic rings. The molecule has 1 aliphatic carbocycles.